The number of ketones is 1. The fraction of sp³-hybridized carbons (Fsp3) is 0.786. The minimum atomic E-state index is -1.06. The third kappa shape index (κ3) is 1.70. The molecule has 0 aromatic rings. The molecule has 18 heavy (non-hydrogen) atoms. The molecule has 0 N–H and O–H groups in total. The molecule has 2 fully saturated rings. The summed E-state index contributed by atoms with van der Waals surface area (Å²) >= 11 is 0. The molecule has 1 aliphatic heterocycles. The van der Waals surface area contributed by atoms with E-state index < -0.39 is 17.1 Å². The normalized spacial score (nSPS) is 25.0. The van der Waals surface area contributed by atoms with Crippen molar-refractivity contribution in [3.05, 3.63) is 0 Å². The lowest BCUT2D eigenvalue weighted by atomic mass is 9.79. The highest BCUT2D eigenvalue weighted by atomic mass is 16.2. The maximum absolute atomic E-state index is 12.5. The van der Waals surface area contributed by atoms with Crippen LogP contribution >= 0.6 is 0 Å². The SMILES string of the molecule is CCC1(CC)C(=O)C(=O)N(C2CCCCC2)C1=O. The Balaban J connectivity index is 2.30. The maximum Gasteiger partial charge on any atom is 0.297 e. The first-order valence-electron chi connectivity index (χ1n) is 7.01. The van der Waals surface area contributed by atoms with Crippen LogP contribution in [0.15, 0.2) is 0 Å². The molecule has 1 saturated heterocycles. The Labute approximate surface area is 108 Å². The van der Waals surface area contributed by atoms with Gasteiger partial charge in [0.15, 0.2) is 0 Å². The number of likely N-dealkylation sites (tertiary alicyclic amines) is 1. The molecule has 2 aliphatic rings. The van der Waals surface area contributed by atoms with Gasteiger partial charge in [0.05, 0.1) is 0 Å². The molecular weight excluding hydrogens is 230 g/mol. The van der Waals surface area contributed by atoms with E-state index in [9.17, 15) is 14.4 Å². The summed E-state index contributed by atoms with van der Waals surface area (Å²) in [6.45, 7) is 3.63. The minimum absolute atomic E-state index is 0.0392. The molecule has 0 bridgehead atoms. The van der Waals surface area contributed by atoms with Crippen molar-refractivity contribution in [3.8, 4) is 0 Å². The van der Waals surface area contributed by atoms with Gasteiger partial charge in [-0.2, -0.15) is 0 Å². The van der Waals surface area contributed by atoms with Gasteiger partial charge in [0, 0.05) is 6.04 Å². The Hall–Kier alpha value is -1.19. The summed E-state index contributed by atoms with van der Waals surface area (Å²) < 4.78 is 0. The maximum atomic E-state index is 12.5. The van der Waals surface area contributed by atoms with E-state index in [1.165, 1.54) is 4.90 Å². The molecule has 1 heterocycles. The molecule has 4 nitrogen and oxygen atoms in total. The summed E-state index contributed by atoms with van der Waals surface area (Å²) in [5.74, 6) is -1.28. The summed E-state index contributed by atoms with van der Waals surface area (Å²) in [4.78, 5) is 38.0. The van der Waals surface area contributed by atoms with E-state index >= 15 is 0 Å². The first kappa shape index (κ1) is 13.2. The Morgan fingerprint density at radius 3 is 2.06 bits per heavy atom. The van der Waals surface area contributed by atoms with Gasteiger partial charge in [-0.3, -0.25) is 19.3 Å². The zero-order valence-electron chi connectivity index (χ0n) is 11.2. The average molecular weight is 251 g/mol. The largest absolute Gasteiger partial charge is 0.297 e. The van der Waals surface area contributed by atoms with Gasteiger partial charge in [0.1, 0.15) is 5.41 Å². The van der Waals surface area contributed by atoms with E-state index in [0.29, 0.717) is 12.8 Å². The topological polar surface area (TPSA) is 54.5 Å². The van der Waals surface area contributed by atoms with E-state index in [4.69, 9.17) is 0 Å². The third-order valence-corrected chi connectivity index (χ3v) is 4.62. The van der Waals surface area contributed by atoms with Crippen LogP contribution < -0.4 is 0 Å². The summed E-state index contributed by atoms with van der Waals surface area (Å²) in [6, 6.07) is -0.0392. The van der Waals surface area contributed by atoms with Crippen LogP contribution in [-0.2, 0) is 14.4 Å². The van der Waals surface area contributed by atoms with Gasteiger partial charge >= 0.3 is 0 Å². The number of Topliss-reactive ketones (excluding diaryl/α,β-unsaturated/α-hetero) is 1. The second-order valence-corrected chi connectivity index (χ2v) is 5.39. The zero-order chi connectivity index (χ0) is 13.3. The number of hydrogen-bond acceptors (Lipinski definition) is 3. The first-order chi connectivity index (χ1) is 8.58. The van der Waals surface area contributed by atoms with Crippen molar-refractivity contribution < 1.29 is 14.4 Å². The van der Waals surface area contributed by atoms with Crippen LogP contribution in [0.2, 0.25) is 0 Å². The third-order valence-electron chi connectivity index (χ3n) is 4.62. The Morgan fingerprint density at radius 2 is 1.61 bits per heavy atom. The van der Waals surface area contributed by atoms with E-state index in [2.05, 4.69) is 0 Å². The van der Waals surface area contributed by atoms with Crippen LogP contribution in [0.3, 0.4) is 0 Å². The summed E-state index contributed by atoms with van der Waals surface area (Å²) in [5.41, 5.74) is -1.06. The number of amides is 2. The van der Waals surface area contributed by atoms with Gasteiger partial charge in [-0.15, -0.1) is 0 Å². The molecule has 2 amide bonds. The quantitative estimate of drug-likeness (QED) is 0.438. The van der Waals surface area contributed by atoms with Gasteiger partial charge in [0.2, 0.25) is 11.7 Å². The predicted molar refractivity (Wildman–Crippen MR) is 66.7 cm³/mol. The van der Waals surface area contributed by atoms with Crippen molar-refractivity contribution >= 4 is 17.6 Å². The highest BCUT2D eigenvalue weighted by Gasteiger charge is 2.58. The minimum Gasteiger partial charge on any atom is -0.287 e. The fourth-order valence-corrected chi connectivity index (χ4v) is 3.28. The fourth-order valence-electron chi connectivity index (χ4n) is 3.28. The van der Waals surface area contributed by atoms with Crippen LogP contribution in [-0.4, -0.2) is 28.5 Å². The smallest absolute Gasteiger partial charge is 0.287 e. The van der Waals surface area contributed by atoms with Crippen molar-refractivity contribution in [2.75, 3.05) is 0 Å². The number of hydrogen-bond donors (Lipinski definition) is 0. The van der Waals surface area contributed by atoms with Crippen LogP contribution in [0, 0.1) is 5.41 Å². The zero-order valence-corrected chi connectivity index (χ0v) is 11.2. The van der Waals surface area contributed by atoms with Crippen molar-refractivity contribution in [1.29, 1.82) is 0 Å². The first-order valence-corrected chi connectivity index (χ1v) is 7.01. The van der Waals surface area contributed by atoms with E-state index in [1.54, 1.807) is 0 Å². The lowest BCUT2D eigenvalue weighted by molar-refractivity contribution is -0.146. The van der Waals surface area contributed by atoms with E-state index in [1.807, 2.05) is 13.8 Å². The average Bonchev–Trinajstić information content (AvgIpc) is 2.59. The van der Waals surface area contributed by atoms with Crippen molar-refractivity contribution in [2.45, 2.75) is 64.8 Å². The molecule has 1 saturated carbocycles. The van der Waals surface area contributed by atoms with Gasteiger partial charge < -0.3 is 0 Å². The molecule has 0 spiro atoms. The molecule has 4 heteroatoms. The van der Waals surface area contributed by atoms with Gasteiger partial charge in [-0.1, -0.05) is 33.1 Å². The molecule has 0 aromatic carbocycles. The van der Waals surface area contributed by atoms with Crippen molar-refractivity contribution in [2.24, 2.45) is 5.41 Å². The monoisotopic (exact) mass is 251 g/mol. The predicted octanol–water partition coefficient (Wildman–Crippen LogP) is 2.06. The standard InChI is InChI=1S/C14H21NO3/c1-3-14(4-2)11(16)12(17)15(13(14)18)10-8-6-5-7-9-10/h10H,3-9H2,1-2H3. The molecule has 1 aliphatic carbocycles. The number of carbonyl (C=O) groups is 3. The van der Waals surface area contributed by atoms with Crippen LogP contribution in [0.1, 0.15) is 58.8 Å². The van der Waals surface area contributed by atoms with Crippen molar-refractivity contribution in [1.82, 2.24) is 4.90 Å². The summed E-state index contributed by atoms with van der Waals surface area (Å²) in [6.07, 6.45) is 5.81. The second-order valence-electron chi connectivity index (χ2n) is 5.39. The lowest BCUT2D eigenvalue weighted by Crippen LogP contribution is -2.43. The van der Waals surface area contributed by atoms with Crippen LogP contribution in [0.4, 0.5) is 0 Å². The number of rotatable bonds is 3. The number of imide groups is 1. The van der Waals surface area contributed by atoms with Gasteiger partial charge in [-0.05, 0) is 25.7 Å². The molecule has 0 aromatic heterocycles. The second kappa shape index (κ2) is 4.82. The lowest BCUT2D eigenvalue weighted by Gasteiger charge is -2.30. The molecule has 100 valence electrons. The highest BCUT2D eigenvalue weighted by Crippen LogP contribution is 2.39. The molecular formula is C14H21NO3. The summed E-state index contributed by atoms with van der Waals surface area (Å²) in [7, 11) is 0. The van der Waals surface area contributed by atoms with E-state index in [0.717, 1.165) is 32.1 Å². The molecule has 0 radical (unpaired) electrons. The molecule has 0 unspecified atom stereocenters. The highest BCUT2D eigenvalue weighted by molar-refractivity contribution is 6.49. The van der Waals surface area contributed by atoms with Gasteiger partial charge in [-0.25, -0.2) is 0 Å². The Kier molecular flexibility index (Phi) is 3.55. The molecule has 2 rings (SSSR count). The van der Waals surface area contributed by atoms with Crippen LogP contribution in [0.5, 0.6) is 0 Å². The molecule has 0 atom stereocenters. The van der Waals surface area contributed by atoms with Crippen molar-refractivity contribution in [3.63, 3.8) is 0 Å². The van der Waals surface area contributed by atoms with Gasteiger partial charge in [0.25, 0.3) is 5.91 Å². The Bertz CT molecular complexity index is 379. The van der Waals surface area contributed by atoms with E-state index in [-0.39, 0.29) is 11.9 Å². The number of nitrogens with zero attached hydrogens (tertiary/aromatic N) is 1. The summed E-state index contributed by atoms with van der Waals surface area (Å²) in [5, 5.41) is 0. The number of carbonyl (C=O) groups excluding carboxylic acids is 3. The Morgan fingerprint density at radius 1 is 1.06 bits per heavy atom. The van der Waals surface area contributed by atoms with Crippen LogP contribution in [0.25, 0.3) is 0 Å².